The largest absolute Gasteiger partial charge is 0.344 e. The summed E-state index contributed by atoms with van der Waals surface area (Å²) in [7, 11) is 2.13. The second kappa shape index (κ2) is 5.60. The molecule has 2 aliphatic heterocycles. The lowest BCUT2D eigenvalue weighted by molar-refractivity contribution is 0.0666. The predicted octanol–water partition coefficient (Wildman–Crippen LogP) is 2.40. The molecular formula is C17H21FN4O. The third kappa shape index (κ3) is 2.41. The van der Waals surface area contributed by atoms with Crippen molar-refractivity contribution in [2.24, 2.45) is 0 Å². The zero-order valence-corrected chi connectivity index (χ0v) is 13.3. The van der Waals surface area contributed by atoms with E-state index in [0.717, 1.165) is 32.4 Å². The molecule has 4 rings (SSSR count). The number of hydrogen-bond acceptors (Lipinski definition) is 3. The lowest BCUT2D eigenvalue weighted by Crippen LogP contribution is -2.47. The van der Waals surface area contributed by atoms with Gasteiger partial charge in [0.2, 0.25) is 0 Å². The molecule has 0 aliphatic carbocycles. The van der Waals surface area contributed by atoms with Gasteiger partial charge in [-0.25, -0.2) is 9.37 Å². The second-order valence-corrected chi connectivity index (χ2v) is 6.65. The fourth-order valence-electron chi connectivity index (χ4n) is 4.20. The summed E-state index contributed by atoms with van der Waals surface area (Å²) in [4.78, 5) is 24.5. The molecule has 0 bridgehead atoms. The van der Waals surface area contributed by atoms with E-state index in [0.29, 0.717) is 22.6 Å². The van der Waals surface area contributed by atoms with Crippen molar-refractivity contribution in [3.05, 3.63) is 29.8 Å². The van der Waals surface area contributed by atoms with E-state index in [9.17, 15) is 9.18 Å². The van der Waals surface area contributed by atoms with Crippen LogP contribution in [-0.4, -0.2) is 57.9 Å². The zero-order chi connectivity index (χ0) is 16.0. The molecule has 1 aromatic carbocycles. The molecule has 0 spiro atoms. The highest BCUT2D eigenvalue weighted by atomic mass is 19.1. The maximum Gasteiger partial charge on any atom is 0.256 e. The smallest absolute Gasteiger partial charge is 0.256 e. The van der Waals surface area contributed by atoms with Gasteiger partial charge in [0.1, 0.15) is 11.3 Å². The van der Waals surface area contributed by atoms with Gasteiger partial charge in [-0.3, -0.25) is 4.79 Å². The number of carbonyl (C=O) groups excluding carboxylic acids is 1. The van der Waals surface area contributed by atoms with Crippen molar-refractivity contribution >= 4 is 16.9 Å². The first-order chi connectivity index (χ1) is 11.1. The van der Waals surface area contributed by atoms with Gasteiger partial charge >= 0.3 is 0 Å². The van der Waals surface area contributed by atoms with Crippen LogP contribution in [0.1, 0.15) is 36.0 Å². The average molecular weight is 316 g/mol. The monoisotopic (exact) mass is 316 g/mol. The summed E-state index contributed by atoms with van der Waals surface area (Å²) < 4.78 is 13.9. The van der Waals surface area contributed by atoms with Crippen LogP contribution in [0.4, 0.5) is 4.39 Å². The number of likely N-dealkylation sites (tertiary alicyclic amines) is 2. The van der Waals surface area contributed by atoms with E-state index < -0.39 is 5.82 Å². The Labute approximate surface area is 134 Å². The van der Waals surface area contributed by atoms with Crippen molar-refractivity contribution in [3.63, 3.8) is 0 Å². The first-order valence-electron chi connectivity index (χ1n) is 8.29. The van der Waals surface area contributed by atoms with Crippen LogP contribution in [0.2, 0.25) is 0 Å². The highest BCUT2D eigenvalue weighted by Crippen LogP contribution is 2.31. The molecule has 23 heavy (non-hydrogen) atoms. The zero-order valence-electron chi connectivity index (χ0n) is 13.3. The molecule has 2 fully saturated rings. The van der Waals surface area contributed by atoms with Crippen LogP contribution in [0.15, 0.2) is 18.5 Å². The van der Waals surface area contributed by atoms with Gasteiger partial charge in [0.25, 0.3) is 5.91 Å². The fourth-order valence-corrected chi connectivity index (χ4v) is 4.20. The van der Waals surface area contributed by atoms with Gasteiger partial charge in [-0.05, 0) is 51.4 Å². The minimum Gasteiger partial charge on any atom is -0.344 e. The number of fused-ring (bicyclic) bond motifs is 1. The van der Waals surface area contributed by atoms with Gasteiger partial charge in [0.15, 0.2) is 0 Å². The summed E-state index contributed by atoms with van der Waals surface area (Å²) >= 11 is 0. The molecule has 0 radical (unpaired) electrons. The number of aromatic amines is 1. The van der Waals surface area contributed by atoms with Crippen molar-refractivity contribution in [1.29, 1.82) is 0 Å². The van der Waals surface area contributed by atoms with Crippen LogP contribution in [0.3, 0.4) is 0 Å². The molecule has 122 valence electrons. The summed E-state index contributed by atoms with van der Waals surface area (Å²) in [6.45, 7) is 1.84. The van der Waals surface area contributed by atoms with Crippen LogP contribution in [0, 0.1) is 5.82 Å². The molecule has 2 aromatic rings. The second-order valence-electron chi connectivity index (χ2n) is 6.65. The summed E-state index contributed by atoms with van der Waals surface area (Å²) in [5.41, 5.74) is 1.50. The van der Waals surface area contributed by atoms with Crippen molar-refractivity contribution in [2.45, 2.75) is 37.8 Å². The minimum atomic E-state index is -0.404. The van der Waals surface area contributed by atoms with Gasteiger partial charge in [-0.1, -0.05) is 0 Å². The van der Waals surface area contributed by atoms with Crippen molar-refractivity contribution in [2.75, 3.05) is 20.1 Å². The number of carbonyl (C=O) groups is 1. The number of nitrogens with one attached hydrogen (secondary N) is 1. The van der Waals surface area contributed by atoms with Crippen molar-refractivity contribution < 1.29 is 9.18 Å². The third-order valence-corrected chi connectivity index (χ3v) is 5.30. The molecule has 3 heterocycles. The Morgan fingerprint density at radius 1 is 1.26 bits per heavy atom. The maximum atomic E-state index is 13.9. The van der Waals surface area contributed by atoms with E-state index in [1.165, 1.54) is 24.9 Å². The number of nitrogens with zero attached hydrogens (tertiary/aromatic N) is 3. The Balaban J connectivity index is 1.68. The average Bonchev–Trinajstić information content (AvgIpc) is 3.24. The number of H-pyrrole nitrogens is 1. The van der Waals surface area contributed by atoms with Gasteiger partial charge in [0.05, 0.1) is 17.4 Å². The minimum absolute atomic E-state index is 0.0931. The number of imidazole rings is 1. The molecule has 5 nitrogen and oxygen atoms in total. The van der Waals surface area contributed by atoms with E-state index in [4.69, 9.17) is 0 Å². The Kier molecular flexibility index (Phi) is 3.56. The van der Waals surface area contributed by atoms with Gasteiger partial charge in [-0.15, -0.1) is 0 Å². The summed E-state index contributed by atoms with van der Waals surface area (Å²) in [5, 5.41) is 0. The highest BCUT2D eigenvalue weighted by molar-refractivity contribution is 6.05. The number of rotatable bonds is 2. The molecule has 2 atom stereocenters. The molecule has 6 heteroatoms. The van der Waals surface area contributed by atoms with Gasteiger partial charge < -0.3 is 14.8 Å². The lowest BCUT2D eigenvalue weighted by Gasteiger charge is -2.33. The summed E-state index contributed by atoms with van der Waals surface area (Å²) in [6.07, 6.45) is 5.86. The van der Waals surface area contributed by atoms with Crippen LogP contribution >= 0.6 is 0 Å². The SMILES string of the molecule is CN1CCC[C@@H]1[C@@H]1CCCN1C(=O)c1cc(F)cc2[nH]cnc12. The quantitative estimate of drug-likeness (QED) is 0.925. The number of amides is 1. The number of likely N-dealkylation sites (N-methyl/N-ethyl adjacent to an activating group) is 1. The van der Waals surface area contributed by atoms with Crippen LogP contribution in [-0.2, 0) is 0 Å². The normalized spacial score (nSPS) is 25.6. The number of hydrogen-bond donors (Lipinski definition) is 1. The fraction of sp³-hybridized carbons (Fsp3) is 0.529. The Morgan fingerprint density at radius 2 is 2.04 bits per heavy atom. The first kappa shape index (κ1) is 14.6. The maximum absolute atomic E-state index is 13.9. The van der Waals surface area contributed by atoms with Crippen LogP contribution < -0.4 is 0 Å². The van der Waals surface area contributed by atoms with Gasteiger partial charge in [0, 0.05) is 18.6 Å². The van der Waals surface area contributed by atoms with Crippen LogP contribution in [0.5, 0.6) is 0 Å². The summed E-state index contributed by atoms with van der Waals surface area (Å²) in [5.74, 6) is -0.497. The molecule has 1 amide bonds. The van der Waals surface area contributed by atoms with E-state index >= 15 is 0 Å². The topological polar surface area (TPSA) is 52.2 Å². The number of aromatic nitrogens is 2. The molecule has 0 unspecified atom stereocenters. The van der Waals surface area contributed by atoms with Crippen molar-refractivity contribution in [3.8, 4) is 0 Å². The first-order valence-corrected chi connectivity index (χ1v) is 8.29. The Bertz CT molecular complexity index is 743. The van der Waals surface area contributed by atoms with Gasteiger partial charge in [-0.2, -0.15) is 0 Å². The molecule has 2 saturated heterocycles. The molecule has 1 aromatic heterocycles. The Morgan fingerprint density at radius 3 is 2.83 bits per heavy atom. The Hall–Kier alpha value is -1.95. The van der Waals surface area contributed by atoms with E-state index in [-0.39, 0.29) is 11.9 Å². The molecule has 0 saturated carbocycles. The molecular weight excluding hydrogens is 295 g/mol. The van der Waals surface area contributed by atoms with Crippen LogP contribution in [0.25, 0.3) is 11.0 Å². The lowest BCUT2D eigenvalue weighted by atomic mass is 10.0. The third-order valence-electron chi connectivity index (χ3n) is 5.30. The van der Waals surface area contributed by atoms with Crippen molar-refractivity contribution in [1.82, 2.24) is 19.8 Å². The van der Waals surface area contributed by atoms with E-state index in [1.807, 2.05) is 4.90 Å². The number of benzene rings is 1. The standard InChI is InChI=1S/C17H21FN4O/c1-21-6-2-4-14(21)15-5-3-7-22(15)17(23)12-8-11(18)9-13-16(12)20-10-19-13/h8-10,14-15H,2-7H2,1H3,(H,19,20)/t14-,15+/m1/s1. The molecule has 2 aliphatic rings. The number of halogens is 1. The van der Waals surface area contributed by atoms with E-state index in [2.05, 4.69) is 21.9 Å². The highest BCUT2D eigenvalue weighted by Gasteiger charge is 2.39. The predicted molar refractivity (Wildman–Crippen MR) is 85.8 cm³/mol. The van der Waals surface area contributed by atoms with E-state index in [1.54, 1.807) is 0 Å². The molecule has 1 N–H and O–H groups in total. The summed E-state index contributed by atoms with van der Waals surface area (Å²) in [6, 6.07) is 3.35.